The van der Waals surface area contributed by atoms with Crippen molar-refractivity contribution in [3.8, 4) is 11.5 Å². The van der Waals surface area contributed by atoms with E-state index in [4.69, 9.17) is 4.42 Å². The quantitative estimate of drug-likeness (QED) is 0.566. The van der Waals surface area contributed by atoms with Gasteiger partial charge >= 0.3 is 0 Å². The Kier molecular flexibility index (Phi) is 5.83. The zero-order valence-electron chi connectivity index (χ0n) is 14.7. The molecule has 0 unspecified atom stereocenters. The van der Waals surface area contributed by atoms with Crippen molar-refractivity contribution in [2.45, 2.75) is 32.6 Å². The van der Waals surface area contributed by atoms with Crippen LogP contribution in [0.15, 0.2) is 57.4 Å². The standard InChI is InChI=1S/C20H20BrN3O2/c1-3-13(4-2)19-23-24-20(26-19)15-7-11-17(12-8-15)22-18(25)14-5-9-16(21)10-6-14/h5-13H,3-4H2,1-2H3,(H,22,25). The van der Waals surface area contributed by atoms with Crippen LogP contribution in [0.5, 0.6) is 0 Å². The summed E-state index contributed by atoms with van der Waals surface area (Å²) in [5.74, 6) is 1.31. The van der Waals surface area contributed by atoms with Gasteiger partial charge in [-0.15, -0.1) is 10.2 Å². The molecule has 5 nitrogen and oxygen atoms in total. The van der Waals surface area contributed by atoms with Crippen molar-refractivity contribution in [3.63, 3.8) is 0 Å². The van der Waals surface area contributed by atoms with Crippen molar-refractivity contribution in [3.05, 3.63) is 64.5 Å². The molecule has 0 fully saturated rings. The number of hydrogen-bond donors (Lipinski definition) is 1. The Hall–Kier alpha value is -2.47. The Labute approximate surface area is 161 Å². The highest BCUT2D eigenvalue weighted by molar-refractivity contribution is 9.10. The maximum Gasteiger partial charge on any atom is 0.255 e. The molecule has 1 N–H and O–H groups in total. The largest absolute Gasteiger partial charge is 0.420 e. The molecule has 1 aromatic heterocycles. The summed E-state index contributed by atoms with van der Waals surface area (Å²) in [5.41, 5.74) is 2.14. The van der Waals surface area contributed by atoms with E-state index in [0.717, 1.165) is 22.9 Å². The minimum absolute atomic E-state index is 0.154. The van der Waals surface area contributed by atoms with E-state index in [1.54, 1.807) is 12.1 Å². The number of nitrogens with one attached hydrogen (secondary N) is 1. The number of amides is 1. The number of anilines is 1. The molecule has 0 bridgehead atoms. The summed E-state index contributed by atoms with van der Waals surface area (Å²) in [4.78, 5) is 12.3. The number of halogens is 1. The van der Waals surface area contributed by atoms with Crippen molar-refractivity contribution in [2.75, 3.05) is 5.32 Å². The summed E-state index contributed by atoms with van der Waals surface area (Å²) >= 11 is 3.36. The lowest BCUT2D eigenvalue weighted by molar-refractivity contribution is 0.102. The Morgan fingerprint density at radius 2 is 1.69 bits per heavy atom. The van der Waals surface area contributed by atoms with E-state index >= 15 is 0 Å². The molecular weight excluding hydrogens is 394 g/mol. The summed E-state index contributed by atoms with van der Waals surface area (Å²) in [6.07, 6.45) is 1.94. The summed E-state index contributed by atoms with van der Waals surface area (Å²) in [6.45, 7) is 4.22. The third kappa shape index (κ3) is 4.19. The van der Waals surface area contributed by atoms with E-state index in [-0.39, 0.29) is 5.91 Å². The third-order valence-corrected chi connectivity index (χ3v) is 4.80. The lowest BCUT2D eigenvalue weighted by atomic mass is 10.0. The Balaban J connectivity index is 1.70. The van der Waals surface area contributed by atoms with E-state index in [1.807, 2.05) is 36.4 Å². The minimum atomic E-state index is -0.154. The van der Waals surface area contributed by atoms with Gasteiger partial charge in [-0.05, 0) is 61.4 Å². The van der Waals surface area contributed by atoms with Gasteiger partial charge in [0.1, 0.15) is 0 Å². The molecule has 0 aliphatic heterocycles. The predicted octanol–water partition coefficient (Wildman–Crippen LogP) is 5.66. The monoisotopic (exact) mass is 413 g/mol. The number of carbonyl (C=O) groups is 1. The molecule has 0 aliphatic rings. The van der Waals surface area contributed by atoms with E-state index in [1.165, 1.54) is 0 Å². The van der Waals surface area contributed by atoms with Crippen molar-refractivity contribution in [2.24, 2.45) is 0 Å². The van der Waals surface area contributed by atoms with Gasteiger partial charge in [0.05, 0.1) is 0 Å². The third-order valence-electron chi connectivity index (χ3n) is 4.27. The van der Waals surface area contributed by atoms with Gasteiger partial charge in [0.25, 0.3) is 5.91 Å². The van der Waals surface area contributed by atoms with Crippen molar-refractivity contribution in [1.29, 1.82) is 0 Å². The first-order chi connectivity index (χ1) is 12.6. The van der Waals surface area contributed by atoms with Crippen LogP contribution in [0.25, 0.3) is 11.5 Å². The van der Waals surface area contributed by atoms with E-state index < -0.39 is 0 Å². The lowest BCUT2D eigenvalue weighted by Gasteiger charge is -2.06. The normalized spacial score (nSPS) is 10.9. The molecule has 6 heteroatoms. The zero-order valence-corrected chi connectivity index (χ0v) is 16.3. The highest BCUT2D eigenvalue weighted by Crippen LogP contribution is 2.26. The number of rotatable bonds is 6. The van der Waals surface area contributed by atoms with Crippen molar-refractivity contribution < 1.29 is 9.21 Å². The molecule has 3 aromatic rings. The highest BCUT2D eigenvalue weighted by atomic mass is 79.9. The number of carbonyl (C=O) groups excluding carboxylic acids is 1. The van der Waals surface area contributed by atoms with Crippen LogP contribution >= 0.6 is 15.9 Å². The van der Waals surface area contributed by atoms with Gasteiger partial charge in [0, 0.05) is 27.2 Å². The molecule has 0 aliphatic carbocycles. The molecule has 1 amide bonds. The molecule has 26 heavy (non-hydrogen) atoms. The SMILES string of the molecule is CCC(CC)c1nnc(-c2ccc(NC(=O)c3ccc(Br)cc3)cc2)o1. The Bertz CT molecular complexity index is 869. The average Bonchev–Trinajstić information content (AvgIpc) is 3.14. The highest BCUT2D eigenvalue weighted by Gasteiger charge is 2.16. The first-order valence-electron chi connectivity index (χ1n) is 8.61. The zero-order chi connectivity index (χ0) is 18.5. The van der Waals surface area contributed by atoms with Gasteiger partial charge in [-0.25, -0.2) is 0 Å². The average molecular weight is 414 g/mol. The minimum Gasteiger partial charge on any atom is -0.420 e. The maximum absolute atomic E-state index is 12.3. The topological polar surface area (TPSA) is 68.0 Å². The van der Waals surface area contributed by atoms with Crippen LogP contribution < -0.4 is 5.32 Å². The van der Waals surface area contributed by atoms with Crippen LogP contribution in [-0.2, 0) is 0 Å². The van der Waals surface area contributed by atoms with Crippen LogP contribution in [0.1, 0.15) is 48.9 Å². The molecular formula is C20H20BrN3O2. The Morgan fingerprint density at radius 1 is 1.04 bits per heavy atom. The van der Waals surface area contributed by atoms with Crippen LogP contribution in [0.4, 0.5) is 5.69 Å². The number of nitrogens with zero attached hydrogens (tertiary/aromatic N) is 2. The van der Waals surface area contributed by atoms with Crippen LogP contribution in [-0.4, -0.2) is 16.1 Å². The maximum atomic E-state index is 12.3. The second kappa shape index (κ2) is 8.27. The fourth-order valence-electron chi connectivity index (χ4n) is 2.65. The summed E-state index contributed by atoms with van der Waals surface area (Å²) in [7, 11) is 0. The number of aromatic nitrogens is 2. The van der Waals surface area contributed by atoms with Gasteiger partial charge in [0.15, 0.2) is 0 Å². The van der Waals surface area contributed by atoms with Gasteiger partial charge < -0.3 is 9.73 Å². The van der Waals surface area contributed by atoms with Gasteiger partial charge in [-0.3, -0.25) is 4.79 Å². The molecule has 134 valence electrons. The van der Waals surface area contributed by atoms with Gasteiger partial charge in [-0.1, -0.05) is 29.8 Å². The second-order valence-electron chi connectivity index (χ2n) is 6.00. The van der Waals surface area contributed by atoms with Crippen LogP contribution in [0.3, 0.4) is 0 Å². The summed E-state index contributed by atoms with van der Waals surface area (Å²) < 4.78 is 6.74. The number of hydrogen-bond acceptors (Lipinski definition) is 4. The first-order valence-corrected chi connectivity index (χ1v) is 9.40. The second-order valence-corrected chi connectivity index (χ2v) is 6.91. The van der Waals surface area contributed by atoms with Gasteiger partial charge in [-0.2, -0.15) is 0 Å². The molecule has 0 saturated carbocycles. The van der Waals surface area contributed by atoms with Crippen molar-refractivity contribution in [1.82, 2.24) is 10.2 Å². The molecule has 0 radical (unpaired) electrons. The van der Waals surface area contributed by atoms with Crippen LogP contribution in [0, 0.1) is 0 Å². The Morgan fingerprint density at radius 3 is 2.31 bits per heavy atom. The predicted molar refractivity (Wildman–Crippen MR) is 105 cm³/mol. The molecule has 1 heterocycles. The van der Waals surface area contributed by atoms with Crippen LogP contribution in [0.2, 0.25) is 0 Å². The molecule has 2 aromatic carbocycles. The molecule has 0 saturated heterocycles. The fraction of sp³-hybridized carbons (Fsp3) is 0.250. The molecule has 0 atom stereocenters. The number of benzene rings is 2. The molecule has 3 rings (SSSR count). The summed E-state index contributed by atoms with van der Waals surface area (Å²) in [6, 6.07) is 14.6. The van der Waals surface area contributed by atoms with Gasteiger partial charge in [0.2, 0.25) is 11.8 Å². The molecule has 0 spiro atoms. The van der Waals surface area contributed by atoms with Crippen molar-refractivity contribution >= 4 is 27.5 Å². The lowest BCUT2D eigenvalue weighted by Crippen LogP contribution is -2.11. The smallest absolute Gasteiger partial charge is 0.255 e. The van der Waals surface area contributed by atoms with E-state index in [0.29, 0.717) is 29.0 Å². The fourth-order valence-corrected chi connectivity index (χ4v) is 2.92. The van der Waals surface area contributed by atoms with E-state index in [9.17, 15) is 4.79 Å². The first kappa shape index (κ1) is 18.3. The van der Waals surface area contributed by atoms with E-state index in [2.05, 4.69) is 45.3 Å². The summed E-state index contributed by atoms with van der Waals surface area (Å²) in [5, 5.41) is 11.2.